The predicted octanol–water partition coefficient (Wildman–Crippen LogP) is 1.14. The summed E-state index contributed by atoms with van der Waals surface area (Å²) in [5.74, 6) is -1.04. The van der Waals surface area contributed by atoms with E-state index >= 15 is 0 Å². The first-order chi connectivity index (χ1) is 12.1. The van der Waals surface area contributed by atoms with Crippen molar-refractivity contribution in [3.8, 4) is 0 Å². The summed E-state index contributed by atoms with van der Waals surface area (Å²) in [7, 11) is 0. The molecule has 6 nitrogen and oxygen atoms in total. The highest BCUT2D eigenvalue weighted by atomic mass is 16.2. The summed E-state index contributed by atoms with van der Waals surface area (Å²) >= 11 is 0. The summed E-state index contributed by atoms with van der Waals surface area (Å²) in [5, 5.41) is 0. The highest BCUT2D eigenvalue weighted by molar-refractivity contribution is 5.99. The van der Waals surface area contributed by atoms with Gasteiger partial charge in [-0.1, -0.05) is 36.4 Å². The Kier molecular flexibility index (Phi) is 4.79. The summed E-state index contributed by atoms with van der Waals surface area (Å²) in [6.07, 6.45) is 0. The number of nitrogens with zero attached hydrogens (tertiary/aromatic N) is 2. The molecule has 6 heteroatoms. The molecule has 128 valence electrons. The van der Waals surface area contributed by atoms with Crippen LogP contribution >= 0.6 is 0 Å². The van der Waals surface area contributed by atoms with E-state index in [1.807, 2.05) is 12.1 Å². The molecule has 2 aromatic rings. The number of hydrogen-bond acceptors (Lipinski definition) is 3. The molecule has 3 rings (SSSR count). The maximum Gasteiger partial charge on any atom is 0.254 e. The lowest BCUT2D eigenvalue weighted by Gasteiger charge is -2.40. The number of piperazine rings is 1. The van der Waals surface area contributed by atoms with Gasteiger partial charge in [-0.2, -0.15) is 0 Å². The third kappa shape index (κ3) is 3.52. The average Bonchev–Trinajstić information content (AvgIpc) is 2.67. The van der Waals surface area contributed by atoms with Gasteiger partial charge in [0, 0.05) is 24.2 Å². The molecule has 1 aliphatic heterocycles. The van der Waals surface area contributed by atoms with Gasteiger partial charge >= 0.3 is 0 Å². The lowest BCUT2D eigenvalue weighted by molar-refractivity contribution is -0.124. The minimum Gasteiger partial charge on any atom is -0.368 e. The molecule has 1 fully saturated rings. The summed E-state index contributed by atoms with van der Waals surface area (Å²) in [4.78, 5) is 40.2. The molecular weight excluding hydrogens is 318 g/mol. The number of primary amides is 1. The second-order valence-electron chi connectivity index (χ2n) is 5.90. The lowest BCUT2D eigenvalue weighted by atomic mass is 10.1. The monoisotopic (exact) mass is 337 g/mol. The van der Waals surface area contributed by atoms with E-state index in [4.69, 9.17) is 5.73 Å². The molecule has 1 atom stereocenters. The number of nitrogens with two attached hydrogens (primary N) is 1. The number of rotatable bonds is 3. The molecule has 1 aliphatic rings. The minimum atomic E-state index is -0.839. The summed E-state index contributed by atoms with van der Waals surface area (Å²) in [6.45, 7) is 0.720. The SMILES string of the molecule is NC(=O)C1CN(C(=O)c2ccccc2)CCN1C(=O)c1ccccc1. The van der Waals surface area contributed by atoms with Crippen LogP contribution < -0.4 is 5.73 Å². The molecule has 0 radical (unpaired) electrons. The Balaban J connectivity index is 1.78. The van der Waals surface area contributed by atoms with E-state index in [9.17, 15) is 14.4 Å². The Morgan fingerprint density at radius 2 is 1.32 bits per heavy atom. The van der Waals surface area contributed by atoms with Crippen molar-refractivity contribution in [2.24, 2.45) is 5.73 Å². The van der Waals surface area contributed by atoms with E-state index < -0.39 is 11.9 Å². The molecule has 0 aliphatic carbocycles. The van der Waals surface area contributed by atoms with Gasteiger partial charge in [0.15, 0.2) is 0 Å². The third-order valence-corrected chi connectivity index (χ3v) is 4.30. The fraction of sp³-hybridized carbons (Fsp3) is 0.211. The van der Waals surface area contributed by atoms with Gasteiger partial charge in [0.2, 0.25) is 5.91 Å². The molecule has 0 aromatic heterocycles. The highest BCUT2D eigenvalue weighted by Crippen LogP contribution is 2.16. The van der Waals surface area contributed by atoms with Crippen molar-refractivity contribution < 1.29 is 14.4 Å². The van der Waals surface area contributed by atoms with Crippen molar-refractivity contribution in [2.75, 3.05) is 19.6 Å². The fourth-order valence-corrected chi connectivity index (χ4v) is 2.96. The van der Waals surface area contributed by atoms with Crippen LogP contribution in [0.2, 0.25) is 0 Å². The van der Waals surface area contributed by atoms with Gasteiger partial charge in [0.1, 0.15) is 6.04 Å². The van der Waals surface area contributed by atoms with E-state index in [0.29, 0.717) is 17.7 Å². The van der Waals surface area contributed by atoms with E-state index in [-0.39, 0.29) is 24.9 Å². The number of carbonyl (C=O) groups is 3. The van der Waals surface area contributed by atoms with Gasteiger partial charge in [-0.05, 0) is 24.3 Å². The molecule has 0 saturated carbocycles. The second-order valence-corrected chi connectivity index (χ2v) is 5.90. The zero-order valence-corrected chi connectivity index (χ0v) is 13.7. The van der Waals surface area contributed by atoms with Crippen molar-refractivity contribution in [1.82, 2.24) is 9.80 Å². The van der Waals surface area contributed by atoms with E-state index in [0.717, 1.165) is 0 Å². The van der Waals surface area contributed by atoms with Crippen LogP contribution in [0, 0.1) is 0 Å². The predicted molar refractivity (Wildman–Crippen MR) is 92.8 cm³/mol. The number of hydrogen-bond donors (Lipinski definition) is 1. The molecule has 1 saturated heterocycles. The van der Waals surface area contributed by atoms with Gasteiger partial charge in [0.25, 0.3) is 11.8 Å². The van der Waals surface area contributed by atoms with Crippen LogP contribution in [-0.4, -0.2) is 53.2 Å². The molecule has 25 heavy (non-hydrogen) atoms. The Morgan fingerprint density at radius 3 is 1.84 bits per heavy atom. The maximum atomic E-state index is 12.7. The van der Waals surface area contributed by atoms with Crippen molar-refractivity contribution >= 4 is 17.7 Å². The first-order valence-electron chi connectivity index (χ1n) is 8.07. The van der Waals surface area contributed by atoms with Crippen LogP contribution in [-0.2, 0) is 4.79 Å². The fourth-order valence-electron chi connectivity index (χ4n) is 2.96. The average molecular weight is 337 g/mol. The molecule has 0 bridgehead atoms. The van der Waals surface area contributed by atoms with Crippen molar-refractivity contribution in [3.05, 3.63) is 71.8 Å². The highest BCUT2D eigenvalue weighted by Gasteiger charge is 2.36. The van der Waals surface area contributed by atoms with Gasteiger partial charge in [-0.15, -0.1) is 0 Å². The quantitative estimate of drug-likeness (QED) is 0.911. The van der Waals surface area contributed by atoms with Crippen molar-refractivity contribution in [3.63, 3.8) is 0 Å². The zero-order chi connectivity index (χ0) is 17.8. The zero-order valence-electron chi connectivity index (χ0n) is 13.7. The lowest BCUT2D eigenvalue weighted by Crippen LogP contribution is -2.60. The Bertz CT molecular complexity index is 777. The molecule has 3 amide bonds. The molecule has 2 aromatic carbocycles. The van der Waals surface area contributed by atoms with Crippen LogP contribution in [0.4, 0.5) is 0 Å². The molecule has 0 spiro atoms. The molecular formula is C19H19N3O3. The van der Waals surface area contributed by atoms with Crippen LogP contribution in [0.15, 0.2) is 60.7 Å². The molecule has 1 heterocycles. The number of amides is 3. The van der Waals surface area contributed by atoms with Gasteiger partial charge in [-0.25, -0.2) is 0 Å². The summed E-state index contributed by atoms with van der Waals surface area (Å²) < 4.78 is 0. The maximum absolute atomic E-state index is 12.7. The largest absolute Gasteiger partial charge is 0.368 e. The van der Waals surface area contributed by atoms with Crippen molar-refractivity contribution in [2.45, 2.75) is 6.04 Å². The first-order valence-corrected chi connectivity index (χ1v) is 8.07. The standard InChI is InChI=1S/C19H19N3O3/c20-17(23)16-13-21(18(24)14-7-3-1-4-8-14)11-12-22(16)19(25)15-9-5-2-6-10-15/h1-10,16H,11-13H2,(H2,20,23). The van der Waals surface area contributed by atoms with Crippen molar-refractivity contribution in [1.29, 1.82) is 0 Å². The Labute approximate surface area is 145 Å². The smallest absolute Gasteiger partial charge is 0.254 e. The van der Waals surface area contributed by atoms with E-state index in [1.165, 1.54) is 4.90 Å². The number of carbonyl (C=O) groups excluding carboxylic acids is 3. The topological polar surface area (TPSA) is 83.7 Å². The third-order valence-electron chi connectivity index (χ3n) is 4.30. The Hall–Kier alpha value is -3.15. The second kappa shape index (κ2) is 7.17. The van der Waals surface area contributed by atoms with Gasteiger partial charge in [-0.3, -0.25) is 14.4 Å². The molecule has 1 unspecified atom stereocenters. The van der Waals surface area contributed by atoms with E-state index in [1.54, 1.807) is 53.4 Å². The van der Waals surface area contributed by atoms with Crippen LogP contribution in [0.1, 0.15) is 20.7 Å². The minimum absolute atomic E-state index is 0.0988. The van der Waals surface area contributed by atoms with Crippen LogP contribution in [0.3, 0.4) is 0 Å². The Morgan fingerprint density at radius 1 is 0.800 bits per heavy atom. The summed E-state index contributed by atoms with van der Waals surface area (Å²) in [5.41, 5.74) is 6.55. The first kappa shape index (κ1) is 16.7. The van der Waals surface area contributed by atoms with Gasteiger partial charge < -0.3 is 15.5 Å². The normalized spacial score (nSPS) is 17.2. The van der Waals surface area contributed by atoms with Crippen LogP contribution in [0.25, 0.3) is 0 Å². The summed E-state index contributed by atoms with van der Waals surface area (Å²) in [6, 6.07) is 16.8. The molecule has 2 N–H and O–H groups in total. The van der Waals surface area contributed by atoms with Crippen LogP contribution in [0.5, 0.6) is 0 Å². The number of benzene rings is 2. The van der Waals surface area contributed by atoms with Gasteiger partial charge in [0.05, 0.1) is 6.54 Å². The van der Waals surface area contributed by atoms with E-state index in [2.05, 4.69) is 0 Å².